The van der Waals surface area contributed by atoms with E-state index in [1.807, 2.05) is 12.1 Å². The second-order valence-electron chi connectivity index (χ2n) is 9.36. The molecule has 1 saturated heterocycles. The summed E-state index contributed by atoms with van der Waals surface area (Å²) in [5.74, 6) is 0.0623. The van der Waals surface area contributed by atoms with Crippen molar-refractivity contribution in [2.45, 2.75) is 58.7 Å². The summed E-state index contributed by atoms with van der Waals surface area (Å²) >= 11 is 0. The Labute approximate surface area is 197 Å². The SMILES string of the molecule is CC/C=C\c1c(C)c(C)cc(OC)c1CN1CCN(C2CC2)CC1c1ccc(C(=O)O)cc1. The lowest BCUT2D eigenvalue weighted by molar-refractivity contribution is 0.0626. The molecule has 1 aliphatic heterocycles. The minimum absolute atomic E-state index is 0.219. The summed E-state index contributed by atoms with van der Waals surface area (Å²) in [5.41, 5.74) is 6.55. The second kappa shape index (κ2) is 10.1. The quantitative estimate of drug-likeness (QED) is 0.582. The minimum atomic E-state index is -0.881. The third-order valence-corrected chi connectivity index (χ3v) is 7.20. The van der Waals surface area contributed by atoms with Crippen LogP contribution in [-0.2, 0) is 6.54 Å². The monoisotopic (exact) mass is 448 g/mol. The molecule has 5 nitrogen and oxygen atoms in total. The Morgan fingerprint density at radius 3 is 2.52 bits per heavy atom. The average Bonchev–Trinajstić information content (AvgIpc) is 3.67. The number of carboxylic acids is 1. The maximum absolute atomic E-state index is 11.4. The van der Waals surface area contributed by atoms with Gasteiger partial charge in [-0.3, -0.25) is 9.80 Å². The summed E-state index contributed by atoms with van der Waals surface area (Å²) in [7, 11) is 1.76. The number of piperazine rings is 1. The fourth-order valence-corrected chi connectivity index (χ4v) is 4.94. The first-order chi connectivity index (χ1) is 15.9. The number of carbonyl (C=O) groups is 1. The summed E-state index contributed by atoms with van der Waals surface area (Å²) in [4.78, 5) is 16.5. The van der Waals surface area contributed by atoms with E-state index in [1.165, 1.54) is 40.7 Å². The van der Waals surface area contributed by atoms with Crippen molar-refractivity contribution < 1.29 is 14.6 Å². The fraction of sp³-hybridized carbons (Fsp3) is 0.464. The molecule has 1 atom stereocenters. The Kier molecular flexibility index (Phi) is 7.20. The van der Waals surface area contributed by atoms with Gasteiger partial charge in [0.1, 0.15) is 5.75 Å². The van der Waals surface area contributed by atoms with Gasteiger partial charge in [-0.25, -0.2) is 4.79 Å². The highest BCUT2D eigenvalue weighted by Gasteiger charge is 2.36. The molecule has 33 heavy (non-hydrogen) atoms. The molecule has 0 bridgehead atoms. The largest absolute Gasteiger partial charge is 0.496 e. The lowest BCUT2D eigenvalue weighted by Crippen LogP contribution is -2.48. The van der Waals surface area contributed by atoms with Crippen molar-refractivity contribution in [1.29, 1.82) is 0 Å². The van der Waals surface area contributed by atoms with Crippen molar-refractivity contribution in [3.05, 3.63) is 69.8 Å². The Balaban J connectivity index is 1.69. The van der Waals surface area contributed by atoms with Gasteiger partial charge in [0.15, 0.2) is 0 Å². The molecule has 4 rings (SSSR count). The van der Waals surface area contributed by atoms with Crippen LogP contribution in [0.5, 0.6) is 5.75 Å². The van der Waals surface area contributed by atoms with Crippen molar-refractivity contribution in [3.63, 3.8) is 0 Å². The Morgan fingerprint density at radius 1 is 1.18 bits per heavy atom. The molecule has 0 spiro atoms. The van der Waals surface area contributed by atoms with Crippen LogP contribution >= 0.6 is 0 Å². The van der Waals surface area contributed by atoms with Crippen molar-refractivity contribution >= 4 is 12.0 Å². The van der Waals surface area contributed by atoms with Crippen molar-refractivity contribution in [2.75, 3.05) is 26.7 Å². The molecule has 1 N–H and O–H groups in total. The van der Waals surface area contributed by atoms with Crippen molar-refractivity contribution in [2.24, 2.45) is 0 Å². The second-order valence-corrected chi connectivity index (χ2v) is 9.36. The van der Waals surface area contributed by atoms with E-state index in [-0.39, 0.29) is 6.04 Å². The first kappa shape index (κ1) is 23.5. The van der Waals surface area contributed by atoms with Crippen LogP contribution in [0, 0.1) is 13.8 Å². The molecule has 5 heteroatoms. The van der Waals surface area contributed by atoms with Crippen molar-refractivity contribution in [3.8, 4) is 5.75 Å². The Hall–Kier alpha value is -2.63. The Bertz CT molecular complexity index is 1020. The lowest BCUT2D eigenvalue weighted by atomic mass is 9.94. The topological polar surface area (TPSA) is 53.0 Å². The minimum Gasteiger partial charge on any atom is -0.496 e. The van der Waals surface area contributed by atoms with Gasteiger partial charge >= 0.3 is 5.97 Å². The highest BCUT2D eigenvalue weighted by Crippen LogP contribution is 2.37. The van der Waals surface area contributed by atoms with Crippen LogP contribution in [0.25, 0.3) is 6.08 Å². The molecule has 0 radical (unpaired) electrons. The van der Waals surface area contributed by atoms with Gasteiger partial charge in [-0.1, -0.05) is 31.2 Å². The number of benzene rings is 2. The van der Waals surface area contributed by atoms with E-state index in [0.29, 0.717) is 11.6 Å². The van der Waals surface area contributed by atoms with Gasteiger partial charge in [-0.2, -0.15) is 0 Å². The van der Waals surface area contributed by atoms with Crippen LogP contribution in [0.4, 0.5) is 0 Å². The van der Waals surface area contributed by atoms with Gasteiger partial charge < -0.3 is 9.84 Å². The number of hydrogen-bond acceptors (Lipinski definition) is 4. The van der Waals surface area contributed by atoms with E-state index in [2.05, 4.69) is 48.8 Å². The summed E-state index contributed by atoms with van der Waals surface area (Å²) < 4.78 is 5.86. The molecule has 2 aromatic rings. The number of aryl methyl sites for hydroxylation is 1. The van der Waals surface area contributed by atoms with Gasteiger partial charge in [-0.05, 0) is 73.6 Å². The zero-order valence-electron chi connectivity index (χ0n) is 20.3. The summed E-state index contributed by atoms with van der Waals surface area (Å²) in [6.45, 7) is 10.3. The molecule has 1 unspecified atom stereocenters. The van der Waals surface area contributed by atoms with Gasteiger partial charge in [-0.15, -0.1) is 0 Å². The number of ether oxygens (including phenoxy) is 1. The number of hydrogen-bond donors (Lipinski definition) is 1. The smallest absolute Gasteiger partial charge is 0.335 e. The summed E-state index contributed by atoms with van der Waals surface area (Å²) in [5, 5.41) is 9.32. The normalized spacial score (nSPS) is 19.8. The average molecular weight is 449 g/mol. The zero-order valence-corrected chi connectivity index (χ0v) is 20.3. The third-order valence-electron chi connectivity index (χ3n) is 7.20. The predicted octanol–water partition coefficient (Wildman–Crippen LogP) is 5.45. The number of rotatable bonds is 8. The van der Waals surface area contributed by atoms with E-state index >= 15 is 0 Å². The van der Waals surface area contributed by atoms with Gasteiger partial charge in [0.05, 0.1) is 12.7 Å². The Morgan fingerprint density at radius 2 is 1.91 bits per heavy atom. The molecule has 0 aromatic heterocycles. The van der Waals surface area contributed by atoms with Crippen LogP contribution in [-0.4, -0.2) is 53.7 Å². The van der Waals surface area contributed by atoms with Crippen LogP contribution in [0.15, 0.2) is 36.4 Å². The van der Waals surface area contributed by atoms with Crippen LogP contribution < -0.4 is 4.74 Å². The molecular weight excluding hydrogens is 412 g/mol. The highest BCUT2D eigenvalue weighted by molar-refractivity contribution is 5.87. The first-order valence-electron chi connectivity index (χ1n) is 12.1. The number of carboxylic acid groups (broad SMARTS) is 1. The summed E-state index contributed by atoms with van der Waals surface area (Å²) in [6.07, 6.45) is 8.05. The molecule has 1 heterocycles. The maximum Gasteiger partial charge on any atom is 0.335 e. The van der Waals surface area contributed by atoms with Gasteiger partial charge in [0.2, 0.25) is 0 Å². The van der Waals surface area contributed by atoms with E-state index in [1.54, 1.807) is 19.2 Å². The number of allylic oxidation sites excluding steroid dienone is 1. The maximum atomic E-state index is 11.4. The number of nitrogens with zero attached hydrogens (tertiary/aromatic N) is 2. The molecule has 0 amide bonds. The molecule has 2 aliphatic rings. The van der Waals surface area contributed by atoms with Crippen LogP contribution in [0.1, 0.15) is 70.4 Å². The molecule has 2 fully saturated rings. The van der Waals surface area contributed by atoms with Crippen LogP contribution in [0.2, 0.25) is 0 Å². The van der Waals surface area contributed by atoms with E-state index in [0.717, 1.165) is 38.3 Å². The predicted molar refractivity (Wildman–Crippen MR) is 133 cm³/mol. The van der Waals surface area contributed by atoms with Crippen molar-refractivity contribution in [1.82, 2.24) is 9.80 Å². The standard InChI is InChI=1S/C28H36N2O3/c1-5-6-7-24-20(3)19(2)16-27(33-4)25(24)17-30-15-14-29(23-12-13-23)18-26(30)21-8-10-22(11-9-21)28(31)32/h6-11,16,23,26H,5,12-15,17-18H2,1-4H3,(H,31,32)/b7-6-. The van der Waals surface area contributed by atoms with E-state index < -0.39 is 5.97 Å². The summed E-state index contributed by atoms with van der Waals surface area (Å²) in [6, 6.07) is 10.5. The lowest BCUT2D eigenvalue weighted by Gasteiger charge is -2.42. The molecule has 2 aromatic carbocycles. The molecule has 1 aliphatic carbocycles. The molecular formula is C28H36N2O3. The van der Waals surface area contributed by atoms with E-state index in [9.17, 15) is 9.90 Å². The first-order valence-corrected chi connectivity index (χ1v) is 12.1. The van der Waals surface area contributed by atoms with Crippen LogP contribution in [0.3, 0.4) is 0 Å². The van der Waals surface area contributed by atoms with Gasteiger partial charge in [0.25, 0.3) is 0 Å². The molecule has 176 valence electrons. The van der Waals surface area contributed by atoms with E-state index in [4.69, 9.17) is 4.74 Å². The number of methoxy groups -OCH3 is 1. The zero-order chi connectivity index (χ0) is 23.5. The van der Waals surface area contributed by atoms with Gasteiger partial charge in [0, 0.05) is 43.8 Å². The highest BCUT2D eigenvalue weighted by atomic mass is 16.5. The fourth-order valence-electron chi connectivity index (χ4n) is 4.94. The third kappa shape index (κ3) is 5.15. The number of aromatic carboxylic acids is 1. The molecule has 1 saturated carbocycles.